The van der Waals surface area contributed by atoms with Gasteiger partial charge in [0.1, 0.15) is 11.6 Å². The molecule has 0 aliphatic heterocycles. The van der Waals surface area contributed by atoms with Crippen LogP contribution in [0.5, 0.6) is 5.75 Å². The molecule has 3 aromatic rings. The van der Waals surface area contributed by atoms with E-state index in [0.717, 1.165) is 28.5 Å². The van der Waals surface area contributed by atoms with Crippen LogP contribution in [0.4, 0.5) is 0 Å². The topological polar surface area (TPSA) is 66.0 Å². The molecule has 0 radical (unpaired) electrons. The molecule has 2 heterocycles. The first-order valence-corrected chi connectivity index (χ1v) is 8.09. The summed E-state index contributed by atoms with van der Waals surface area (Å²) in [6.07, 6.45) is 4.31. The fraction of sp³-hybridized carbons (Fsp3) is 0.263. The van der Waals surface area contributed by atoms with Gasteiger partial charge in [-0.15, -0.1) is 0 Å². The van der Waals surface area contributed by atoms with Gasteiger partial charge in [0.2, 0.25) is 0 Å². The van der Waals surface area contributed by atoms with Gasteiger partial charge in [0, 0.05) is 30.9 Å². The van der Waals surface area contributed by atoms with Crippen LogP contribution >= 0.6 is 0 Å². The Labute approximate surface area is 142 Å². The smallest absolute Gasteiger partial charge is 0.126 e. The van der Waals surface area contributed by atoms with E-state index in [9.17, 15) is 0 Å². The van der Waals surface area contributed by atoms with Crippen LogP contribution in [0.1, 0.15) is 24.5 Å². The van der Waals surface area contributed by atoms with Crippen molar-refractivity contribution >= 4 is 0 Å². The Morgan fingerprint density at radius 1 is 1.12 bits per heavy atom. The van der Waals surface area contributed by atoms with E-state index < -0.39 is 0 Å². The zero-order valence-corrected chi connectivity index (χ0v) is 14.0. The van der Waals surface area contributed by atoms with Gasteiger partial charge in [-0.25, -0.2) is 4.98 Å². The molecule has 0 bridgehead atoms. The molecule has 5 nitrogen and oxygen atoms in total. The number of ether oxygens (including phenoxy) is 1. The molecule has 0 aliphatic rings. The number of aromatic nitrogens is 3. The first kappa shape index (κ1) is 16.2. The van der Waals surface area contributed by atoms with Crippen LogP contribution in [0.2, 0.25) is 0 Å². The molecule has 0 fully saturated rings. The normalized spacial score (nSPS) is 12.1. The van der Waals surface area contributed by atoms with E-state index in [2.05, 4.69) is 9.97 Å². The molecule has 2 aromatic heterocycles. The van der Waals surface area contributed by atoms with Crippen LogP contribution in [-0.2, 0) is 13.5 Å². The average molecular weight is 322 g/mol. The molecule has 2 N–H and O–H groups in total. The number of rotatable bonds is 6. The monoisotopic (exact) mass is 322 g/mol. The molecule has 3 rings (SSSR count). The number of nitrogens with zero attached hydrogens (tertiary/aromatic N) is 3. The summed E-state index contributed by atoms with van der Waals surface area (Å²) >= 11 is 0. The van der Waals surface area contributed by atoms with Crippen LogP contribution in [0.25, 0.3) is 11.3 Å². The summed E-state index contributed by atoms with van der Waals surface area (Å²) in [5, 5.41) is 0. The number of imidazole rings is 1. The van der Waals surface area contributed by atoms with Gasteiger partial charge < -0.3 is 15.0 Å². The van der Waals surface area contributed by atoms with Gasteiger partial charge in [0.15, 0.2) is 0 Å². The van der Waals surface area contributed by atoms with E-state index in [1.54, 1.807) is 6.20 Å². The molecule has 124 valence electrons. The third-order valence-electron chi connectivity index (χ3n) is 3.97. The lowest BCUT2D eigenvalue weighted by atomic mass is 10.1. The number of benzene rings is 1. The number of nitrogens with two attached hydrogens (primary N) is 1. The van der Waals surface area contributed by atoms with E-state index in [1.807, 2.05) is 67.2 Å². The Kier molecular flexibility index (Phi) is 4.91. The Morgan fingerprint density at radius 3 is 2.58 bits per heavy atom. The van der Waals surface area contributed by atoms with Crippen molar-refractivity contribution in [2.24, 2.45) is 12.8 Å². The van der Waals surface area contributed by atoms with Crippen molar-refractivity contribution in [2.75, 3.05) is 6.61 Å². The van der Waals surface area contributed by atoms with Gasteiger partial charge in [-0.2, -0.15) is 0 Å². The van der Waals surface area contributed by atoms with Gasteiger partial charge in [-0.1, -0.05) is 6.07 Å². The maximum absolute atomic E-state index is 6.34. The predicted molar refractivity (Wildman–Crippen MR) is 94.7 cm³/mol. The van der Waals surface area contributed by atoms with Crippen LogP contribution in [0.3, 0.4) is 0 Å². The van der Waals surface area contributed by atoms with Crippen molar-refractivity contribution in [3.8, 4) is 17.0 Å². The summed E-state index contributed by atoms with van der Waals surface area (Å²) in [5.41, 5.74) is 9.43. The summed E-state index contributed by atoms with van der Waals surface area (Å²) in [6, 6.07) is 13.7. The lowest BCUT2D eigenvalue weighted by molar-refractivity contribution is 0.340. The Balaban J connectivity index is 1.80. The maximum atomic E-state index is 6.34. The molecule has 24 heavy (non-hydrogen) atoms. The maximum Gasteiger partial charge on any atom is 0.126 e. The molecular weight excluding hydrogens is 300 g/mol. The van der Waals surface area contributed by atoms with Gasteiger partial charge in [-0.05, 0) is 43.3 Å². The van der Waals surface area contributed by atoms with Crippen LogP contribution in [0, 0.1) is 0 Å². The summed E-state index contributed by atoms with van der Waals surface area (Å²) in [6.45, 7) is 2.64. The summed E-state index contributed by atoms with van der Waals surface area (Å²) < 4.78 is 7.53. The van der Waals surface area contributed by atoms with Gasteiger partial charge >= 0.3 is 0 Å². The number of hydrogen-bond acceptors (Lipinski definition) is 4. The second-order valence-corrected chi connectivity index (χ2v) is 5.65. The molecular formula is C19H22N4O. The third kappa shape index (κ3) is 3.46. The lowest BCUT2D eigenvalue weighted by Crippen LogP contribution is -2.18. The van der Waals surface area contributed by atoms with Gasteiger partial charge in [0.05, 0.1) is 24.5 Å². The van der Waals surface area contributed by atoms with E-state index >= 15 is 0 Å². The van der Waals surface area contributed by atoms with E-state index in [-0.39, 0.29) is 6.04 Å². The number of pyridine rings is 1. The molecule has 0 saturated heterocycles. The lowest BCUT2D eigenvalue weighted by Gasteiger charge is -2.13. The second kappa shape index (κ2) is 7.27. The zero-order valence-electron chi connectivity index (χ0n) is 14.0. The molecule has 0 unspecified atom stereocenters. The largest absolute Gasteiger partial charge is 0.494 e. The third-order valence-corrected chi connectivity index (χ3v) is 3.97. The summed E-state index contributed by atoms with van der Waals surface area (Å²) in [5.74, 6) is 1.72. The van der Waals surface area contributed by atoms with E-state index in [0.29, 0.717) is 13.0 Å². The second-order valence-electron chi connectivity index (χ2n) is 5.65. The fourth-order valence-electron chi connectivity index (χ4n) is 2.76. The summed E-state index contributed by atoms with van der Waals surface area (Å²) in [7, 11) is 1.99. The zero-order chi connectivity index (χ0) is 16.9. The molecule has 0 aliphatic carbocycles. The first-order chi connectivity index (χ1) is 11.7. The van der Waals surface area contributed by atoms with Crippen molar-refractivity contribution in [1.82, 2.24) is 14.5 Å². The average Bonchev–Trinajstić information content (AvgIpc) is 2.98. The van der Waals surface area contributed by atoms with Crippen molar-refractivity contribution in [1.29, 1.82) is 0 Å². The molecule has 1 atom stereocenters. The summed E-state index contributed by atoms with van der Waals surface area (Å²) in [4.78, 5) is 8.86. The van der Waals surface area contributed by atoms with Crippen LogP contribution in [-0.4, -0.2) is 21.1 Å². The quantitative estimate of drug-likeness (QED) is 0.757. The minimum atomic E-state index is -0.193. The Morgan fingerprint density at radius 2 is 1.92 bits per heavy atom. The SMILES string of the molecule is CCOc1ccc(-c2cnc([C@H](N)Cc3ccccn3)n2C)cc1. The van der Waals surface area contributed by atoms with Crippen molar-refractivity contribution in [2.45, 2.75) is 19.4 Å². The van der Waals surface area contributed by atoms with E-state index in [4.69, 9.17) is 10.5 Å². The van der Waals surface area contributed by atoms with Crippen LogP contribution < -0.4 is 10.5 Å². The fourth-order valence-corrected chi connectivity index (χ4v) is 2.76. The number of hydrogen-bond donors (Lipinski definition) is 1. The standard InChI is InChI=1S/C19H22N4O/c1-3-24-16-9-7-14(8-10-16)18-13-22-19(23(18)2)17(20)12-15-6-4-5-11-21-15/h4-11,13,17H,3,12,20H2,1-2H3/t17-/m1/s1. The van der Waals surface area contributed by atoms with Crippen molar-refractivity contribution < 1.29 is 4.74 Å². The Bertz CT molecular complexity index is 781. The molecule has 0 amide bonds. The highest BCUT2D eigenvalue weighted by Gasteiger charge is 2.16. The highest BCUT2D eigenvalue weighted by atomic mass is 16.5. The molecule has 5 heteroatoms. The highest BCUT2D eigenvalue weighted by molar-refractivity contribution is 5.60. The predicted octanol–water partition coefficient (Wildman–Crippen LogP) is 3.12. The van der Waals surface area contributed by atoms with E-state index in [1.165, 1.54) is 0 Å². The van der Waals surface area contributed by atoms with Crippen molar-refractivity contribution in [3.05, 3.63) is 66.4 Å². The minimum absolute atomic E-state index is 0.193. The molecule has 0 spiro atoms. The molecule has 0 saturated carbocycles. The highest BCUT2D eigenvalue weighted by Crippen LogP contribution is 2.25. The van der Waals surface area contributed by atoms with Crippen molar-refractivity contribution in [3.63, 3.8) is 0 Å². The first-order valence-electron chi connectivity index (χ1n) is 8.09. The van der Waals surface area contributed by atoms with Gasteiger partial charge in [0.25, 0.3) is 0 Å². The van der Waals surface area contributed by atoms with Gasteiger partial charge in [-0.3, -0.25) is 4.98 Å². The molecule has 1 aromatic carbocycles. The Hall–Kier alpha value is -2.66. The van der Waals surface area contributed by atoms with Crippen LogP contribution in [0.15, 0.2) is 54.9 Å². The minimum Gasteiger partial charge on any atom is -0.494 e.